The monoisotopic (exact) mass is 340 g/mol. The lowest BCUT2D eigenvalue weighted by Crippen LogP contribution is -2.31. The number of hydrogen-bond acceptors (Lipinski definition) is 5. The second-order valence-electron chi connectivity index (χ2n) is 4.14. The average molecular weight is 341 g/mol. The maximum atomic E-state index is 12.2. The summed E-state index contributed by atoms with van der Waals surface area (Å²) in [6, 6.07) is 10.6. The highest BCUT2D eigenvalue weighted by Crippen LogP contribution is 2.23. The molecule has 7 nitrogen and oxygen atoms in total. The summed E-state index contributed by atoms with van der Waals surface area (Å²) in [6.07, 6.45) is 0. The van der Waals surface area contributed by atoms with E-state index in [4.69, 9.17) is 11.6 Å². The van der Waals surface area contributed by atoms with Crippen LogP contribution in [0.3, 0.4) is 0 Å². The summed E-state index contributed by atoms with van der Waals surface area (Å²) < 4.78 is 26.1. The largest absolute Gasteiger partial charge is 0.289 e. The molecule has 22 heavy (non-hydrogen) atoms. The molecular weight excluding hydrogens is 332 g/mol. The van der Waals surface area contributed by atoms with Gasteiger partial charge in [-0.1, -0.05) is 35.9 Å². The molecule has 2 rings (SSSR count). The fourth-order valence-electron chi connectivity index (χ4n) is 1.71. The van der Waals surface area contributed by atoms with Crippen molar-refractivity contribution in [3.63, 3.8) is 0 Å². The molecule has 0 unspecified atom stereocenters. The van der Waals surface area contributed by atoms with Gasteiger partial charge in [0.15, 0.2) is 4.90 Å². The van der Waals surface area contributed by atoms with E-state index in [9.17, 15) is 23.3 Å². The van der Waals surface area contributed by atoms with Gasteiger partial charge in [0.05, 0.1) is 15.5 Å². The molecule has 114 valence electrons. The van der Waals surface area contributed by atoms with Crippen molar-refractivity contribution in [2.75, 3.05) is 0 Å². The summed E-state index contributed by atoms with van der Waals surface area (Å²) in [7, 11) is -4.40. The first kappa shape index (κ1) is 15.9. The fourth-order valence-corrected chi connectivity index (χ4v) is 3.07. The van der Waals surface area contributed by atoms with Crippen LogP contribution in [0.1, 0.15) is 10.4 Å². The van der Waals surface area contributed by atoms with Crippen LogP contribution in [-0.2, 0) is 10.0 Å². The second kappa shape index (κ2) is 6.12. The van der Waals surface area contributed by atoms with Crippen LogP contribution in [0.25, 0.3) is 0 Å². The fraction of sp³-hybridized carbons (Fsp3) is 0. The van der Waals surface area contributed by atoms with Crippen molar-refractivity contribution in [2.24, 2.45) is 0 Å². The lowest BCUT2D eigenvalue weighted by Gasteiger charge is -2.08. The highest BCUT2D eigenvalue weighted by molar-refractivity contribution is 7.90. The highest BCUT2D eigenvalue weighted by Gasteiger charge is 2.27. The number of sulfonamides is 1. The number of hydrogen-bond donors (Lipinski definition) is 1. The van der Waals surface area contributed by atoms with Gasteiger partial charge < -0.3 is 0 Å². The minimum absolute atomic E-state index is 0.0497. The van der Waals surface area contributed by atoms with Crippen molar-refractivity contribution in [2.45, 2.75) is 4.90 Å². The molecule has 1 amide bonds. The van der Waals surface area contributed by atoms with Crippen LogP contribution >= 0.6 is 11.6 Å². The van der Waals surface area contributed by atoms with Crippen molar-refractivity contribution < 1.29 is 18.1 Å². The standard InChI is InChI=1S/C13H9ClN2O5S/c14-10-6-2-1-5-9(10)13(17)15-22(20,21)12-8-4-3-7-11(12)16(18)19/h1-8H,(H,15,17). The number of para-hydroxylation sites is 1. The molecule has 2 aromatic rings. The molecule has 0 radical (unpaired) electrons. The lowest BCUT2D eigenvalue weighted by molar-refractivity contribution is -0.387. The van der Waals surface area contributed by atoms with Gasteiger partial charge in [-0.05, 0) is 18.2 Å². The Kier molecular flexibility index (Phi) is 4.43. The van der Waals surface area contributed by atoms with Gasteiger partial charge in [0, 0.05) is 6.07 Å². The van der Waals surface area contributed by atoms with Gasteiger partial charge in [-0.25, -0.2) is 13.1 Å². The zero-order valence-corrected chi connectivity index (χ0v) is 12.5. The van der Waals surface area contributed by atoms with E-state index >= 15 is 0 Å². The van der Waals surface area contributed by atoms with Crippen LogP contribution in [0.15, 0.2) is 53.4 Å². The Hall–Kier alpha value is -2.45. The maximum Gasteiger partial charge on any atom is 0.289 e. The van der Waals surface area contributed by atoms with E-state index in [1.807, 2.05) is 0 Å². The Morgan fingerprint density at radius 3 is 2.32 bits per heavy atom. The Morgan fingerprint density at radius 2 is 1.68 bits per heavy atom. The van der Waals surface area contributed by atoms with Gasteiger partial charge in [-0.3, -0.25) is 14.9 Å². The Labute approximate surface area is 130 Å². The Balaban J connectivity index is 2.39. The second-order valence-corrected chi connectivity index (χ2v) is 6.20. The third kappa shape index (κ3) is 3.23. The zero-order valence-electron chi connectivity index (χ0n) is 10.9. The number of halogens is 1. The number of rotatable bonds is 4. The number of carbonyl (C=O) groups is 1. The highest BCUT2D eigenvalue weighted by atomic mass is 35.5. The lowest BCUT2D eigenvalue weighted by atomic mass is 10.2. The number of nitro groups is 1. The van der Waals surface area contributed by atoms with Gasteiger partial charge in [0.2, 0.25) is 0 Å². The van der Waals surface area contributed by atoms with Crippen molar-refractivity contribution in [1.82, 2.24) is 4.72 Å². The molecule has 0 saturated heterocycles. The molecule has 1 N–H and O–H groups in total. The molecule has 0 aliphatic carbocycles. The molecular formula is C13H9ClN2O5S. The van der Waals surface area contributed by atoms with E-state index in [1.165, 1.54) is 30.3 Å². The van der Waals surface area contributed by atoms with E-state index in [1.54, 1.807) is 10.8 Å². The predicted molar refractivity (Wildman–Crippen MR) is 79.2 cm³/mol. The quantitative estimate of drug-likeness (QED) is 0.679. The normalized spacial score (nSPS) is 11.0. The average Bonchev–Trinajstić information content (AvgIpc) is 2.47. The van der Waals surface area contributed by atoms with Gasteiger partial charge in [0.25, 0.3) is 21.6 Å². The molecule has 9 heteroatoms. The number of nitrogens with zero attached hydrogens (tertiary/aromatic N) is 1. The molecule has 0 bridgehead atoms. The van der Waals surface area contributed by atoms with Crippen molar-refractivity contribution in [3.05, 3.63) is 69.2 Å². The third-order valence-electron chi connectivity index (χ3n) is 2.70. The van der Waals surface area contributed by atoms with Crippen LogP contribution in [0.4, 0.5) is 5.69 Å². The van der Waals surface area contributed by atoms with E-state index in [0.29, 0.717) is 0 Å². The minimum atomic E-state index is -4.40. The van der Waals surface area contributed by atoms with Crippen molar-refractivity contribution in [3.8, 4) is 0 Å². The van der Waals surface area contributed by atoms with E-state index in [0.717, 1.165) is 12.1 Å². The first-order chi connectivity index (χ1) is 10.3. The molecule has 0 fully saturated rings. The van der Waals surface area contributed by atoms with E-state index < -0.39 is 31.4 Å². The topological polar surface area (TPSA) is 106 Å². The number of nitrogens with one attached hydrogen (secondary N) is 1. The summed E-state index contributed by atoms with van der Waals surface area (Å²) in [5.41, 5.74) is -0.673. The molecule has 0 aliphatic heterocycles. The van der Waals surface area contributed by atoms with Gasteiger partial charge in [-0.2, -0.15) is 0 Å². The first-order valence-corrected chi connectivity index (χ1v) is 7.74. The smallest absolute Gasteiger partial charge is 0.268 e. The Bertz CT molecular complexity index is 851. The van der Waals surface area contributed by atoms with Gasteiger partial charge in [-0.15, -0.1) is 0 Å². The zero-order chi connectivity index (χ0) is 16.3. The minimum Gasteiger partial charge on any atom is -0.268 e. The third-order valence-corrected chi connectivity index (χ3v) is 4.40. The predicted octanol–water partition coefficient (Wildman–Crippen LogP) is 2.37. The number of amides is 1. The van der Waals surface area contributed by atoms with Gasteiger partial charge in [0.1, 0.15) is 0 Å². The number of benzene rings is 2. The van der Waals surface area contributed by atoms with E-state index in [-0.39, 0.29) is 10.6 Å². The molecule has 0 atom stereocenters. The molecule has 0 aromatic heterocycles. The summed E-state index contributed by atoms with van der Waals surface area (Å²) in [4.78, 5) is 21.4. The van der Waals surface area contributed by atoms with Gasteiger partial charge >= 0.3 is 0 Å². The number of nitro benzene ring substituents is 1. The molecule has 0 spiro atoms. The molecule has 0 heterocycles. The SMILES string of the molecule is O=C(NS(=O)(=O)c1ccccc1[N+](=O)[O-])c1ccccc1Cl. The van der Waals surface area contributed by atoms with Crippen LogP contribution < -0.4 is 4.72 Å². The Morgan fingerprint density at radius 1 is 1.09 bits per heavy atom. The summed E-state index contributed by atoms with van der Waals surface area (Å²) in [6.45, 7) is 0. The van der Waals surface area contributed by atoms with E-state index in [2.05, 4.69) is 0 Å². The molecule has 2 aromatic carbocycles. The molecule has 0 aliphatic rings. The maximum absolute atomic E-state index is 12.2. The van der Waals surface area contributed by atoms with Crippen molar-refractivity contribution in [1.29, 1.82) is 0 Å². The van der Waals surface area contributed by atoms with Crippen LogP contribution in [0, 0.1) is 10.1 Å². The summed E-state index contributed by atoms with van der Waals surface area (Å²) in [5, 5.41) is 11.0. The van der Waals surface area contributed by atoms with Crippen LogP contribution in [0.2, 0.25) is 5.02 Å². The molecule has 0 saturated carbocycles. The van der Waals surface area contributed by atoms with Crippen LogP contribution in [0.5, 0.6) is 0 Å². The summed E-state index contributed by atoms with van der Waals surface area (Å²) in [5.74, 6) is -0.969. The van der Waals surface area contributed by atoms with Crippen molar-refractivity contribution >= 4 is 33.2 Å². The number of carbonyl (C=O) groups excluding carboxylic acids is 1. The summed E-state index contributed by atoms with van der Waals surface area (Å²) >= 11 is 5.81. The first-order valence-electron chi connectivity index (χ1n) is 5.88. The van der Waals surface area contributed by atoms with Crippen LogP contribution in [-0.4, -0.2) is 19.2 Å².